The predicted octanol–water partition coefficient (Wildman–Crippen LogP) is 2.89. The number of nitrogens with one attached hydrogen (secondary N) is 1. The topological polar surface area (TPSA) is 145 Å². The van der Waals surface area contributed by atoms with E-state index in [9.17, 15) is 8.42 Å². The second kappa shape index (κ2) is 10.0. The Balaban J connectivity index is 1.43. The number of ether oxygens (including phenoxy) is 2. The highest BCUT2D eigenvalue weighted by Gasteiger charge is 2.26. The van der Waals surface area contributed by atoms with Crippen LogP contribution < -0.4 is 19.7 Å². The van der Waals surface area contributed by atoms with E-state index < -0.39 is 9.84 Å². The first-order chi connectivity index (χ1) is 16.6. The molecule has 13 heteroatoms. The molecule has 0 spiro atoms. The van der Waals surface area contributed by atoms with Gasteiger partial charge in [0.25, 0.3) is 5.88 Å². The van der Waals surface area contributed by atoms with E-state index in [1.54, 1.807) is 13.0 Å². The third-order valence-corrected chi connectivity index (χ3v) is 6.55. The van der Waals surface area contributed by atoms with E-state index in [1.807, 2.05) is 13.8 Å². The minimum absolute atomic E-state index is 0.00697. The molecule has 0 radical (unpaired) electrons. The molecule has 1 N–H and O–H groups in total. The average Bonchev–Trinajstić information content (AvgIpc) is 3.31. The third kappa shape index (κ3) is 5.78. The maximum atomic E-state index is 11.7. The summed E-state index contributed by atoms with van der Waals surface area (Å²) in [7, 11) is -1.87. The molecular weight excluding hydrogens is 474 g/mol. The minimum atomic E-state index is -3.39. The molecule has 1 saturated heterocycles. The number of aryl methyl sites for hydroxylation is 1. The zero-order chi connectivity index (χ0) is 25.2. The first-order valence-corrected chi connectivity index (χ1v) is 13.1. The maximum Gasteiger partial charge on any atom is 0.324 e. The number of nitrogens with zero attached hydrogens (tertiary/aromatic N) is 6. The molecule has 0 saturated carbocycles. The Morgan fingerprint density at radius 2 is 1.91 bits per heavy atom. The molecule has 0 bridgehead atoms. The summed E-state index contributed by atoms with van der Waals surface area (Å²) in [6.07, 6.45) is 4.05. The summed E-state index contributed by atoms with van der Waals surface area (Å²) < 4.78 is 40.4. The van der Waals surface area contributed by atoms with E-state index >= 15 is 0 Å². The highest BCUT2D eigenvalue weighted by atomic mass is 32.2. The van der Waals surface area contributed by atoms with Gasteiger partial charge in [0.05, 0.1) is 24.7 Å². The van der Waals surface area contributed by atoms with Crippen molar-refractivity contribution in [1.82, 2.24) is 25.1 Å². The van der Waals surface area contributed by atoms with Crippen LogP contribution in [0.4, 0.5) is 17.7 Å². The Labute approximate surface area is 204 Å². The smallest absolute Gasteiger partial charge is 0.324 e. The van der Waals surface area contributed by atoms with Crippen molar-refractivity contribution < 1.29 is 22.4 Å². The third-order valence-electron chi connectivity index (χ3n) is 5.57. The van der Waals surface area contributed by atoms with Gasteiger partial charge in [-0.25, -0.2) is 18.4 Å². The predicted molar refractivity (Wildman–Crippen MR) is 128 cm³/mol. The molecule has 1 aliphatic rings. The van der Waals surface area contributed by atoms with Gasteiger partial charge in [-0.3, -0.25) is 0 Å². The van der Waals surface area contributed by atoms with Gasteiger partial charge in [0, 0.05) is 38.1 Å². The number of aromatic nitrogens is 5. The number of methoxy groups -OCH3 is 1. The van der Waals surface area contributed by atoms with E-state index in [2.05, 4.69) is 35.3 Å². The van der Waals surface area contributed by atoms with E-state index in [0.29, 0.717) is 47.9 Å². The average molecular weight is 504 g/mol. The lowest BCUT2D eigenvalue weighted by atomic mass is 10.1. The lowest BCUT2D eigenvalue weighted by molar-refractivity contribution is 0.155. The quantitative estimate of drug-likeness (QED) is 0.482. The highest BCUT2D eigenvalue weighted by molar-refractivity contribution is 7.90. The summed E-state index contributed by atoms with van der Waals surface area (Å²) in [6, 6.07) is 3.60. The number of sulfone groups is 1. The first kappa shape index (κ1) is 24.6. The number of pyridine rings is 1. The van der Waals surface area contributed by atoms with Gasteiger partial charge in [-0.05, 0) is 19.1 Å². The van der Waals surface area contributed by atoms with Crippen LogP contribution in [-0.2, 0) is 9.84 Å². The standard InChI is InChI=1S/C22H29N7O5S/c1-13(2)19-26-22(34-28-19)29-10-8-15(9-11-29)33-20-17(32-4)12-23-21(27-20)25-16-6-7-18(24-14(16)3)35(5,30)31/h6-7,12-13,15H,8-11H2,1-5H3,(H,23,25,27). The molecule has 0 aliphatic carbocycles. The summed E-state index contributed by atoms with van der Waals surface area (Å²) in [4.78, 5) is 19.4. The van der Waals surface area contributed by atoms with E-state index in [0.717, 1.165) is 19.1 Å². The second-order valence-corrected chi connectivity index (χ2v) is 10.6. The molecule has 12 nitrogen and oxygen atoms in total. The van der Waals surface area contributed by atoms with E-state index in [-0.39, 0.29) is 23.0 Å². The summed E-state index contributed by atoms with van der Waals surface area (Å²) in [5.41, 5.74) is 1.09. The Morgan fingerprint density at radius 3 is 2.51 bits per heavy atom. The van der Waals surface area contributed by atoms with Crippen molar-refractivity contribution in [2.45, 2.75) is 50.7 Å². The fourth-order valence-electron chi connectivity index (χ4n) is 3.55. The van der Waals surface area contributed by atoms with Crippen LogP contribution >= 0.6 is 0 Å². The number of rotatable bonds is 8. The van der Waals surface area contributed by atoms with Gasteiger partial charge < -0.3 is 24.2 Å². The molecule has 4 heterocycles. The Kier molecular flexibility index (Phi) is 7.05. The SMILES string of the molecule is COc1cnc(Nc2ccc(S(C)(=O)=O)nc2C)nc1OC1CCN(c2nc(C(C)C)no2)CC1. The van der Waals surface area contributed by atoms with Crippen LogP contribution in [0.1, 0.15) is 44.1 Å². The Morgan fingerprint density at radius 1 is 1.17 bits per heavy atom. The lowest BCUT2D eigenvalue weighted by Crippen LogP contribution is -2.38. The summed E-state index contributed by atoms with van der Waals surface area (Å²) in [6.45, 7) is 7.17. The number of hydrogen-bond acceptors (Lipinski definition) is 12. The molecular formula is C22H29N7O5S. The van der Waals surface area contributed by atoms with Gasteiger partial charge in [-0.2, -0.15) is 9.97 Å². The molecule has 0 amide bonds. The Hall–Kier alpha value is -3.48. The fourth-order valence-corrected chi connectivity index (χ4v) is 4.17. The molecule has 0 aromatic carbocycles. The molecule has 3 aromatic heterocycles. The fraction of sp³-hybridized carbons (Fsp3) is 0.500. The van der Waals surface area contributed by atoms with Gasteiger partial charge in [0.2, 0.25) is 5.95 Å². The van der Waals surface area contributed by atoms with E-state index in [1.165, 1.54) is 19.4 Å². The molecule has 0 atom stereocenters. The van der Waals surface area contributed by atoms with Crippen LogP contribution in [-0.4, -0.2) is 66.1 Å². The van der Waals surface area contributed by atoms with Crippen molar-refractivity contribution in [3.63, 3.8) is 0 Å². The van der Waals surface area contributed by atoms with Crippen LogP contribution in [0.15, 0.2) is 27.9 Å². The number of piperidine rings is 1. The molecule has 1 aliphatic heterocycles. The van der Waals surface area contributed by atoms with E-state index in [4.69, 9.17) is 14.0 Å². The normalized spacial score (nSPS) is 14.9. The molecule has 35 heavy (non-hydrogen) atoms. The molecule has 1 fully saturated rings. The van der Waals surface area contributed by atoms with Crippen LogP contribution in [0.3, 0.4) is 0 Å². The largest absolute Gasteiger partial charge is 0.490 e. The van der Waals surface area contributed by atoms with Crippen LogP contribution in [0.25, 0.3) is 0 Å². The van der Waals surface area contributed by atoms with Crippen molar-refractivity contribution in [3.05, 3.63) is 29.8 Å². The van der Waals surface area contributed by atoms with Crippen LogP contribution in [0.5, 0.6) is 11.6 Å². The van der Waals surface area contributed by atoms with Crippen molar-refractivity contribution >= 4 is 27.5 Å². The van der Waals surface area contributed by atoms with Crippen molar-refractivity contribution in [2.24, 2.45) is 0 Å². The monoisotopic (exact) mass is 503 g/mol. The maximum absolute atomic E-state index is 11.7. The van der Waals surface area contributed by atoms with Gasteiger partial charge in [-0.1, -0.05) is 19.0 Å². The van der Waals surface area contributed by atoms with Gasteiger partial charge in [0.1, 0.15) is 6.10 Å². The molecule has 188 valence electrons. The van der Waals surface area contributed by atoms with Crippen LogP contribution in [0, 0.1) is 6.92 Å². The Bertz CT molecular complexity index is 1290. The van der Waals surface area contributed by atoms with Gasteiger partial charge >= 0.3 is 6.01 Å². The summed E-state index contributed by atoms with van der Waals surface area (Å²) >= 11 is 0. The molecule has 4 rings (SSSR count). The van der Waals surface area contributed by atoms with Crippen molar-refractivity contribution in [2.75, 3.05) is 36.7 Å². The molecule has 3 aromatic rings. The summed E-state index contributed by atoms with van der Waals surface area (Å²) in [5.74, 6) is 1.92. The van der Waals surface area contributed by atoms with Gasteiger partial charge in [0.15, 0.2) is 26.4 Å². The zero-order valence-electron chi connectivity index (χ0n) is 20.3. The van der Waals surface area contributed by atoms with Crippen molar-refractivity contribution in [1.29, 1.82) is 0 Å². The van der Waals surface area contributed by atoms with Crippen LogP contribution in [0.2, 0.25) is 0 Å². The van der Waals surface area contributed by atoms with Crippen molar-refractivity contribution in [3.8, 4) is 11.6 Å². The number of hydrogen-bond donors (Lipinski definition) is 1. The number of anilines is 3. The second-order valence-electron chi connectivity index (χ2n) is 8.64. The summed E-state index contributed by atoms with van der Waals surface area (Å²) in [5, 5.41) is 7.11. The minimum Gasteiger partial charge on any atom is -0.490 e. The molecule has 0 unspecified atom stereocenters. The first-order valence-electron chi connectivity index (χ1n) is 11.2. The van der Waals surface area contributed by atoms with Gasteiger partial charge in [-0.15, -0.1) is 0 Å². The lowest BCUT2D eigenvalue weighted by Gasteiger charge is -2.30. The zero-order valence-corrected chi connectivity index (χ0v) is 21.2. The highest BCUT2D eigenvalue weighted by Crippen LogP contribution is 2.30.